The summed E-state index contributed by atoms with van der Waals surface area (Å²) in [6.45, 7) is 4.46. The summed E-state index contributed by atoms with van der Waals surface area (Å²) in [6, 6.07) is 4.25. The maximum absolute atomic E-state index is 12.6. The lowest BCUT2D eigenvalue weighted by Gasteiger charge is -2.28. The highest BCUT2D eigenvalue weighted by molar-refractivity contribution is 5.96. The van der Waals surface area contributed by atoms with Crippen molar-refractivity contribution in [3.63, 3.8) is 0 Å². The van der Waals surface area contributed by atoms with Crippen molar-refractivity contribution in [2.24, 2.45) is 0 Å². The number of hydrogen-bond donors (Lipinski definition) is 1. The minimum absolute atomic E-state index is 0.0189. The number of nitrogens with zero attached hydrogens (tertiary/aromatic N) is 3. The molecule has 1 aromatic carbocycles. The molecule has 1 aromatic rings. The van der Waals surface area contributed by atoms with Gasteiger partial charge in [-0.25, -0.2) is 0 Å². The summed E-state index contributed by atoms with van der Waals surface area (Å²) in [7, 11) is 2.04. The van der Waals surface area contributed by atoms with E-state index in [1.807, 2.05) is 18.9 Å². The summed E-state index contributed by atoms with van der Waals surface area (Å²) < 4.78 is 0. The summed E-state index contributed by atoms with van der Waals surface area (Å²) in [5.74, 6) is -0.126. The van der Waals surface area contributed by atoms with Gasteiger partial charge in [-0.05, 0) is 39.1 Å². The first-order valence-electron chi connectivity index (χ1n) is 6.93. The number of benzene rings is 1. The van der Waals surface area contributed by atoms with E-state index in [-0.39, 0.29) is 23.3 Å². The number of anilines is 1. The standard InChI is InChI=1S/C14H20N4O3/c1-10-9-16(2)6-3-7-17(10)14(19)11-4-5-13(18(20)21)12(15)8-11/h4-5,8,10H,3,6-7,9,15H2,1-2H3. The van der Waals surface area contributed by atoms with Crippen LogP contribution in [0.4, 0.5) is 11.4 Å². The molecule has 1 amide bonds. The number of amides is 1. The van der Waals surface area contributed by atoms with Gasteiger partial charge in [0.05, 0.1) is 4.92 Å². The Kier molecular flexibility index (Phi) is 4.42. The van der Waals surface area contributed by atoms with Gasteiger partial charge in [0.2, 0.25) is 0 Å². The molecule has 114 valence electrons. The fraction of sp³-hybridized carbons (Fsp3) is 0.500. The summed E-state index contributed by atoms with van der Waals surface area (Å²) >= 11 is 0. The van der Waals surface area contributed by atoms with Gasteiger partial charge in [0.25, 0.3) is 11.6 Å². The van der Waals surface area contributed by atoms with Crippen LogP contribution in [0.3, 0.4) is 0 Å². The van der Waals surface area contributed by atoms with E-state index in [0.717, 1.165) is 19.5 Å². The highest BCUT2D eigenvalue weighted by atomic mass is 16.6. The Morgan fingerprint density at radius 2 is 2.14 bits per heavy atom. The Balaban J connectivity index is 2.23. The van der Waals surface area contributed by atoms with Crippen LogP contribution in [0.15, 0.2) is 18.2 Å². The Morgan fingerprint density at radius 1 is 1.43 bits per heavy atom. The fourth-order valence-electron chi connectivity index (χ4n) is 2.69. The summed E-state index contributed by atoms with van der Waals surface area (Å²) in [4.78, 5) is 26.8. The molecule has 1 aliphatic rings. The lowest BCUT2D eigenvalue weighted by molar-refractivity contribution is -0.383. The topological polar surface area (TPSA) is 92.7 Å². The van der Waals surface area contributed by atoms with Gasteiger partial charge in [-0.1, -0.05) is 0 Å². The van der Waals surface area contributed by atoms with Crippen LogP contribution < -0.4 is 5.73 Å². The monoisotopic (exact) mass is 292 g/mol. The van der Waals surface area contributed by atoms with E-state index in [1.165, 1.54) is 18.2 Å². The van der Waals surface area contributed by atoms with Crippen molar-refractivity contribution in [2.75, 3.05) is 32.4 Å². The predicted octanol–water partition coefficient (Wildman–Crippen LogP) is 1.34. The third-order valence-electron chi connectivity index (χ3n) is 3.78. The van der Waals surface area contributed by atoms with Gasteiger partial charge in [0.15, 0.2) is 0 Å². The number of carbonyl (C=O) groups is 1. The highest BCUT2D eigenvalue weighted by Crippen LogP contribution is 2.23. The van der Waals surface area contributed by atoms with Crippen LogP contribution in [-0.2, 0) is 0 Å². The summed E-state index contributed by atoms with van der Waals surface area (Å²) in [5.41, 5.74) is 5.90. The third kappa shape index (κ3) is 3.30. The van der Waals surface area contributed by atoms with E-state index in [4.69, 9.17) is 5.73 Å². The number of nitrogens with two attached hydrogens (primary N) is 1. The van der Waals surface area contributed by atoms with E-state index in [2.05, 4.69) is 4.90 Å². The average Bonchev–Trinajstić information content (AvgIpc) is 2.58. The minimum Gasteiger partial charge on any atom is -0.393 e. The van der Waals surface area contributed by atoms with E-state index < -0.39 is 4.92 Å². The average molecular weight is 292 g/mol. The zero-order valence-electron chi connectivity index (χ0n) is 12.3. The van der Waals surface area contributed by atoms with Crippen molar-refractivity contribution < 1.29 is 9.72 Å². The van der Waals surface area contributed by atoms with Gasteiger partial charge >= 0.3 is 0 Å². The van der Waals surface area contributed by atoms with Gasteiger partial charge in [-0.2, -0.15) is 0 Å². The SMILES string of the molecule is CC1CN(C)CCCN1C(=O)c1ccc([N+](=O)[O-])c(N)c1. The molecule has 1 unspecified atom stereocenters. The van der Waals surface area contributed by atoms with Crippen LogP contribution in [0.5, 0.6) is 0 Å². The van der Waals surface area contributed by atoms with Gasteiger partial charge in [-0.15, -0.1) is 0 Å². The zero-order chi connectivity index (χ0) is 15.6. The molecule has 0 aromatic heterocycles. The number of nitro groups is 1. The molecule has 0 aliphatic carbocycles. The van der Waals surface area contributed by atoms with E-state index >= 15 is 0 Å². The molecule has 2 rings (SSSR count). The van der Waals surface area contributed by atoms with Crippen LogP contribution in [0.25, 0.3) is 0 Å². The normalized spacial score (nSPS) is 20.1. The molecule has 0 spiro atoms. The molecule has 2 N–H and O–H groups in total. The Morgan fingerprint density at radius 3 is 2.76 bits per heavy atom. The number of nitrogen functional groups attached to an aromatic ring is 1. The van der Waals surface area contributed by atoms with Gasteiger partial charge in [0, 0.05) is 30.8 Å². The van der Waals surface area contributed by atoms with Gasteiger partial charge in [-0.3, -0.25) is 14.9 Å². The first-order chi connectivity index (χ1) is 9.90. The zero-order valence-corrected chi connectivity index (χ0v) is 12.3. The van der Waals surface area contributed by atoms with Crippen LogP contribution in [0, 0.1) is 10.1 Å². The molecule has 21 heavy (non-hydrogen) atoms. The Bertz CT molecular complexity index is 561. The van der Waals surface area contributed by atoms with Crippen LogP contribution >= 0.6 is 0 Å². The molecule has 1 heterocycles. The number of carbonyl (C=O) groups excluding carboxylic acids is 1. The van der Waals surface area contributed by atoms with E-state index in [1.54, 1.807) is 0 Å². The van der Waals surface area contributed by atoms with Crippen LogP contribution in [0.1, 0.15) is 23.7 Å². The van der Waals surface area contributed by atoms with Crippen molar-refractivity contribution in [1.82, 2.24) is 9.80 Å². The summed E-state index contributed by atoms with van der Waals surface area (Å²) in [6.07, 6.45) is 0.912. The molecule has 1 saturated heterocycles. The molecular weight excluding hydrogens is 272 g/mol. The Hall–Kier alpha value is -2.15. The molecule has 1 atom stereocenters. The first kappa shape index (κ1) is 15.2. The second kappa shape index (κ2) is 6.09. The molecule has 7 heteroatoms. The third-order valence-corrected chi connectivity index (χ3v) is 3.78. The quantitative estimate of drug-likeness (QED) is 0.504. The van der Waals surface area contributed by atoms with E-state index in [0.29, 0.717) is 12.1 Å². The van der Waals surface area contributed by atoms with Crippen molar-refractivity contribution >= 4 is 17.3 Å². The number of nitro benzene ring substituents is 1. The van der Waals surface area contributed by atoms with Crippen molar-refractivity contribution in [3.8, 4) is 0 Å². The molecule has 1 aliphatic heterocycles. The lowest BCUT2D eigenvalue weighted by atomic mass is 10.1. The predicted molar refractivity (Wildman–Crippen MR) is 80.1 cm³/mol. The molecule has 1 fully saturated rings. The molecule has 0 saturated carbocycles. The Labute approximate surface area is 123 Å². The second-order valence-electron chi connectivity index (χ2n) is 5.49. The number of hydrogen-bond acceptors (Lipinski definition) is 5. The van der Waals surface area contributed by atoms with Gasteiger partial charge in [0.1, 0.15) is 5.69 Å². The number of rotatable bonds is 2. The van der Waals surface area contributed by atoms with Crippen molar-refractivity contribution in [2.45, 2.75) is 19.4 Å². The molecule has 7 nitrogen and oxygen atoms in total. The van der Waals surface area contributed by atoms with E-state index in [9.17, 15) is 14.9 Å². The largest absolute Gasteiger partial charge is 0.393 e. The lowest BCUT2D eigenvalue weighted by Crippen LogP contribution is -2.42. The van der Waals surface area contributed by atoms with Crippen molar-refractivity contribution in [1.29, 1.82) is 0 Å². The second-order valence-corrected chi connectivity index (χ2v) is 5.49. The highest BCUT2D eigenvalue weighted by Gasteiger charge is 2.26. The molecule has 0 bridgehead atoms. The van der Waals surface area contributed by atoms with Crippen LogP contribution in [0.2, 0.25) is 0 Å². The maximum atomic E-state index is 12.6. The maximum Gasteiger partial charge on any atom is 0.292 e. The van der Waals surface area contributed by atoms with Crippen LogP contribution in [-0.4, -0.2) is 53.4 Å². The molecular formula is C14H20N4O3. The van der Waals surface area contributed by atoms with Gasteiger partial charge < -0.3 is 15.5 Å². The molecule has 0 radical (unpaired) electrons. The smallest absolute Gasteiger partial charge is 0.292 e. The minimum atomic E-state index is -0.549. The number of likely N-dealkylation sites (N-methyl/N-ethyl adjacent to an activating group) is 1. The van der Waals surface area contributed by atoms with Crippen molar-refractivity contribution in [3.05, 3.63) is 33.9 Å². The fourth-order valence-corrected chi connectivity index (χ4v) is 2.69. The first-order valence-corrected chi connectivity index (χ1v) is 6.93. The summed E-state index contributed by atoms with van der Waals surface area (Å²) in [5, 5.41) is 10.8.